The van der Waals surface area contributed by atoms with Crippen molar-refractivity contribution in [1.82, 2.24) is 9.97 Å². The number of pyridine rings is 1. The first kappa shape index (κ1) is 11.2. The first-order valence-electron chi connectivity index (χ1n) is 5.23. The van der Waals surface area contributed by atoms with Crippen LogP contribution in [0.25, 0.3) is 0 Å². The summed E-state index contributed by atoms with van der Waals surface area (Å²) >= 11 is 1.66. The highest BCUT2D eigenvalue weighted by atomic mass is 32.1. The fourth-order valence-electron chi connectivity index (χ4n) is 1.63. The van der Waals surface area contributed by atoms with Gasteiger partial charge in [0.1, 0.15) is 0 Å². The largest absolute Gasteiger partial charge is 0.324 e. The van der Waals surface area contributed by atoms with Crippen molar-refractivity contribution in [2.24, 2.45) is 5.73 Å². The molecule has 4 heteroatoms. The first-order valence-corrected chi connectivity index (χ1v) is 6.11. The Labute approximate surface area is 99.4 Å². The lowest BCUT2D eigenvalue weighted by Gasteiger charge is -2.10. The number of nitrogens with zero attached hydrogens (tertiary/aromatic N) is 2. The molecule has 0 amide bonds. The summed E-state index contributed by atoms with van der Waals surface area (Å²) in [5, 5.41) is 3.16. The maximum atomic E-state index is 6.13. The van der Waals surface area contributed by atoms with Crippen molar-refractivity contribution >= 4 is 11.3 Å². The molecular formula is C12H15N3S. The third-order valence-corrected chi connectivity index (χ3v) is 3.24. The van der Waals surface area contributed by atoms with E-state index in [1.54, 1.807) is 11.3 Å². The van der Waals surface area contributed by atoms with Crippen LogP contribution in [0.2, 0.25) is 0 Å². The molecule has 2 aromatic rings. The standard InChI is InChI=1S/C12H15N3S/c1-8-3-10(6-14-5-8)12(13)4-11-7-16-9(2)15-11/h3,5-7,12H,4,13H2,1-2H3. The maximum absolute atomic E-state index is 6.13. The molecule has 0 fully saturated rings. The Balaban J connectivity index is 2.11. The minimum Gasteiger partial charge on any atom is -0.324 e. The molecule has 2 rings (SSSR count). The number of nitrogens with two attached hydrogens (primary N) is 1. The van der Waals surface area contributed by atoms with Crippen LogP contribution >= 0.6 is 11.3 Å². The van der Waals surface area contributed by atoms with E-state index in [1.807, 2.05) is 26.2 Å². The molecule has 0 saturated carbocycles. The quantitative estimate of drug-likeness (QED) is 0.885. The summed E-state index contributed by atoms with van der Waals surface area (Å²) in [6, 6.07) is 2.06. The zero-order valence-corrected chi connectivity index (χ0v) is 10.3. The molecule has 1 atom stereocenters. The third kappa shape index (κ3) is 2.65. The van der Waals surface area contributed by atoms with Crippen molar-refractivity contribution in [2.75, 3.05) is 0 Å². The topological polar surface area (TPSA) is 51.8 Å². The van der Waals surface area contributed by atoms with Gasteiger partial charge in [-0.25, -0.2) is 4.98 Å². The molecule has 3 nitrogen and oxygen atoms in total. The summed E-state index contributed by atoms with van der Waals surface area (Å²) in [5.74, 6) is 0. The number of thiazole rings is 1. The van der Waals surface area contributed by atoms with E-state index in [2.05, 4.69) is 21.4 Å². The normalized spacial score (nSPS) is 12.7. The van der Waals surface area contributed by atoms with Crippen molar-refractivity contribution in [3.8, 4) is 0 Å². The summed E-state index contributed by atoms with van der Waals surface area (Å²) in [6.07, 6.45) is 4.44. The maximum Gasteiger partial charge on any atom is 0.0897 e. The molecule has 2 aromatic heterocycles. The van der Waals surface area contributed by atoms with E-state index in [0.717, 1.165) is 28.2 Å². The molecule has 84 valence electrons. The van der Waals surface area contributed by atoms with Gasteiger partial charge in [0, 0.05) is 30.2 Å². The van der Waals surface area contributed by atoms with Crippen LogP contribution in [0, 0.1) is 13.8 Å². The van der Waals surface area contributed by atoms with Crippen molar-refractivity contribution in [1.29, 1.82) is 0 Å². The highest BCUT2D eigenvalue weighted by Gasteiger charge is 2.09. The predicted octanol–water partition coefficient (Wildman–Crippen LogP) is 2.40. The summed E-state index contributed by atoms with van der Waals surface area (Å²) < 4.78 is 0. The van der Waals surface area contributed by atoms with Crippen molar-refractivity contribution in [2.45, 2.75) is 26.3 Å². The van der Waals surface area contributed by atoms with Crippen LogP contribution in [0.5, 0.6) is 0 Å². The molecule has 0 saturated heterocycles. The van der Waals surface area contributed by atoms with E-state index in [4.69, 9.17) is 5.73 Å². The number of aryl methyl sites for hydroxylation is 2. The summed E-state index contributed by atoms with van der Waals surface area (Å²) in [4.78, 5) is 8.57. The van der Waals surface area contributed by atoms with Crippen LogP contribution in [0.15, 0.2) is 23.8 Å². The van der Waals surface area contributed by atoms with Gasteiger partial charge in [0.05, 0.1) is 10.7 Å². The lowest BCUT2D eigenvalue weighted by Crippen LogP contribution is -2.14. The van der Waals surface area contributed by atoms with E-state index in [0.29, 0.717) is 0 Å². The van der Waals surface area contributed by atoms with Gasteiger partial charge in [0.25, 0.3) is 0 Å². The van der Waals surface area contributed by atoms with E-state index in [-0.39, 0.29) is 6.04 Å². The second kappa shape index (κ2) is 4.72. The van der Waals surface area contributed by atoms with Gasteiger partial charge >= 0.3 is 0 Å². The van der Waals surface area contributed by atoms with Gasteiger partial charge in [-0.1, -0.05) is 6.07 Å². The monoisotopic (exact) mass is 233 g/mol. The molecule has 0 aliphatic carbocycles. The zero-order valence-electron chi connectivity index (χ0n) is 9.47. The van der Waals surface area contributed by atoms with Gasteiger partial charge in [-0.15, -0.1) is 11.3 Å². The number of hydrogen-bond acceptors (Lipinski definition) is 4. The van der Waals surface area contributed by atoms with E-state index >= 15 is 0 Å². The van der Waals surface area contributed by atoms with Gasteiger partial charge in [-0.05, 0) is 25.0 Å². The molecule has 16 heavy (non-hydrogen) atoms. The Kier molecular flexibility index (Phi) is 3.31. The molecule has 0 radical (unpaired) electrons. The molecule has 0 bridgehead atoms. The highest BCUT2D eigenvalue weighted by molar-refractivity contribution is 7.09. The molecule has 0 spiro atoms. The molecule has 0 aliphatic heterocycles. The average Bonchev–Trinajstić information content (AvgIpc) is 2.64. The van der Waals surface area contributed by atoms with Crippen LogP contribution in [-0.4, -0.2) is 9.97 Å². The lowest BCUT2D eigenvalue weighted by atomic mass is 10.0. The second-order valence-corrected chi connectivity index (χ2v) is 5.03. The van der Waals surface area contributed by atoms with Crippen molar-refractivity contribution in [3.63, 3.8) is 0 Å². The van der Waals surface area contributed by atoms with Crippen LogP contribution in [0.4, 0.5) is 0 Å². The Hall–Kier alpha value is -1.26. The van der Waals surface area contributed by atoms with E-state index in [1.165, 1.54) is 0 Å². The molecule has 2 N–H and O–H groups in total. The van der Waals surface area contributed by atoms with Gasteiger partial charge in [0.15, 0.2) is 0 Å². The Bertz CT molecular complexity index is 479. The van der Waals surface area contributed by atoms with Crippen molar-refractivity contribution in [3.05, 3.63) is 45.7 Å². The number of rotatable bonds is 3. The Morgan fingerprint density at radius 1 is 1.38 bits per heavy atom. The molecule has 0 aliphatic rings. The zero-order chi connectivity index (χ0) is 11.5. The predicted molar refractivity (Wildman–Crippen MR) is 66.5 cm³/mol. The summed E-state index contributed by atoms with van der Waals surface area (Å²) in [6.45, 7) is 4.03. The van der Waals surface area contributed by atoms with Gasteiger partial charge in [-0.2, -0.15) is 0 Å². The first-order chi connectivity index (χ1) is 7.65. The minimum absolute atomic E-state index is 0.0195. The van der Waals surface area contributed by atoms with Crippen LogP contribution in [0.1, 0.15) is 27.9 Å². The van der Waals surface area contributed by atoms with Gasteiger partial charge in [-0.3, -0.25) is 4.98 Å². The highest BCUT2D eigenvalue weighted by Crippen LogP contribution is 2.17. The van der Waals surface area contributed by atoms with Crippen molar-refractivity contribution < 1.29 is 0 Å². The molecular weight excluding hydrogens is 218 g/mol. The second-order valence-electron chi connectivity index (χ2n) is 3.96. The van der Waals surface area contributed by atoms with Crippen LogP contribution in [-0.2, 0) is 6.42 Å². The Morgan fingerprint density at radius 2 is 2.19 bits per heavy atom. The molecule has 1 unspecified atom stereocenters. The van der Waals surface area contributed by atoms with Crippen LogP contribution in [0.3, 0.4) is 0 Å². The average molecular weight is 233 g/mol. The summed E-state index contributed by atoms with van der Waals surface area (Å²) in [5.41, 5.74) is 9.41. The van der Waals surface area contributed by atoms with Gasteiger partial charge in [0.2, 0.25) is 0 Å². The number of hydrogen-bond donors (Lipinski definition) is 1. The van der Waals surface area contributed by atoms with E-state index in [9.17, 15) is 0 Å². The lowest BCUT2D eigenvalue weighted by molar-refractivity contribution is 0.704. The molecule has 0 aromatic carbocycles. The summed E-state index contributed by atoms with van der Waals surface area (Å²) in [7, 11) is 0. The smallest absolute Gasteiger partial charge is 0.0897 e. The van der Waals surface area contributed by atoms with E-state index < -0.39 is 0 Å². The fraction of sp³-hybridized carbons (Fsp3) is 0.333. The third-order valence-electron chi connectivity index (χ3n) is 2.42. The van der Waals surface area contributed by atoms with Crippen LogP contribution < -0.4 is 5.73 Å². The SMILES string of the molecule is Cc1cncc(C(N)Cc2csc(C)n2)c1. The van der Waals surface area contributed by atoms with Gasteiger partial charge < -0.3 is 5.73 Å². The number of aromatic nitrogens is 2. The Morgan fingerprint density at radius 3 is 2.81 bits per heavy atom. The molecule has 2 heterocycles. The minimum atomic E-state index is -0.0195. The fourth-order valence-corrected chi connectivity index (χ4v) is 2.25.